The number of carbonyl (C=O) groups is 1. The van der Waals surface area contributed by atoms with Crippen molar-refractivity contribution in [3.63, 3.8) is 0 Å². The summed E-state index contributed by atoms with van der Waals surface area (Å²) >= 11 is 12.0. The molecule has 0 unspecified atom stereocenters. The topological polar surface area (TPSA) is 76.1 Å². The number of hydrogen-bond acceptors (Lipinski definition) is 5. The van der Waals surface area contributed by atoms with E-state index in [9.17, 15) is 4.79 Å². The number of ether oxygens (including phenoxy) is 1. The Hall–Kier alpha value is -1.89. The quantitative estimate of drug-likeness (QED) is 0.651. The SMILES string of the molecule is COCCCNc1ncc(C(=O)NCCc2ccc(Cl)cc2Cl)cn1. The van der Waals surface area contributed by atoms with E-state index in [1.165, 1.54) is 12.4 Å². The standard InChI is InChI=1S/C17H20Cl2N4O2/c1-25-8-2-6-21-17-22-10-13(11-23-17)16(24)20-7-5-12-3-4-14(18)9-15(12)19/h3-4,9-11H,2,5-8H2,1H3,(H,20,24)(H,21,22,23). The van der Waals surface area contributed by atoms with Crippen molar-refractivity contribution < 1.29 is 9.53 Å². The second kappa shape index (κ2) is 10.2. The molecule has 134 valence electrons. The van der Waals surface area contributed by atoms with Gasteiger partial charge in [0.05, 0.1) is 5.56 Å². The third-order valence-corrected chi connectivity index (χ3v) is 4.00. The summed E-state index contributed by atoms with van der Waals surface area (Å²) < 4.78 is 4.96. The molecule has 6 nitrogen and oxygen atoms in total. The Morgan fingerprint density at radius 3 is 2.64 bits per heavy atom. The van der Waals surface area contributed by atoms with Gasteiger partial charge in [-0.25, -0.2) is 9.97 Å². The Morgan fingerprint density at radius 2 is 1.96 bits per heavy atom. The van der Waals surface area contributed by atoms with Gasteiger partial charge >= 0.3 is 0 Å². The molecule has 8 heteroatoms. The molecule has 2 N–H and O–H groups in total. The number of amides is 1. The van der Waals surface area contributed by atoms with Gasteiger partial charge in [0.1, 0.15) is 0 Å². The Labute approximate surface area is 156 Å². The van der Waals surface area contributed by atoms with Crippen molar-refractivity contribution in [3.8, 4) is 0 Å². The van der Waals surface area contributed by atoms with E-state index in [-0.39, 0.29) is 5.91 Å². The first kappa shape index (κ1) is 19.4. The van der Waals surface area contributed by atoms with Gasteiger partial charge in [-0.1, -0.05) is 29.3 Å². The van der Waals surface area contributed by atoms with Gasteiger partial charge < -0.3 is 15.4 Å². The molecule has 0 bridgehead atoms. The zero-order valence-corrected chi connectivity index (χ0v) is 15.4. The van der Waals surface area contributed by atoms with Gasteiger partial charge in [-0.3, -0.25) is 4.79 Å². The van der Waals surface area contributed by atoms with Crippen LogP contribution in [0.5, 0.6) is 0 Å². The zero-order valence-electron chi connectivity index (χ0n) is 13.9. The highest BCUT2D eigenvalue weighted by Gasteiger charge is 2.08. The molecule has 0 radical (unpaired) electrons. The summed E-state index contributed by atoms with van der Waals surface area (Å²) in [7, 11) is 1.66. The predicted octanol–water partition coefficient (Wildman–Crippen LogP) is 3.20. The van der Waals surface area contributed by atoms with E-state index in [1.807, 2.05) is 6.07 Å². The molecule has 2 rings (SSSR count). The monoisotopic (exact) mass is 382 g/mol. The Balaban J connectivity index is 1.78. The molecule has 1 amide bonds. The van der Waals surface area contributed by atoms with Crippen LogP contribution >= 0.6 is 23.2 Å². The van der Waals surface area contributed by atoms with Gasteiger partial charge in [-0.2, -0.15) is 0 Å². The summed E-state index contributed by atoms with van der Waals surface area (Å²) in [6.45, 7) is 1.84. The molecule has 25 heavy (non-hydrogen) atoms. The van der Waals surface area contributed by atoms with Crippen LogP contribution < -0.4 is 10.6 Å². The lowest BCUT2D eigenvalue weighted by Crippen LogP contribution is -2.26. The van der Waals surface area contributed by atoms with E-state index in [1.54, 1.807) is 19.2 Å². The molecule has 0 aliphatic carbocycles. The highest BCUT2D eigenvalue weighted by Crippen LogP contribution is 2.21. The van der Waals surface area contributed by atoms with Gasteiger partial charge in [0, 0.05) is 49.2 Å². The number of carbonyl (C=O) groups excluding carboxylic acids is 1. The molecule has 0 atom stereocenters. The molecular formula is C17H20Cl2N4O2. The number of aromatic nitrogens is 2. The third-order valence-electron chi connectivity index (χ3n) is 3.42. The average molecular weight is 383 g/mol. The Kier molecular flexibility index (Phi) is 7.91. The lowest BCUT2D eigenvalue weighted by atomic mass is 10.1. The van der Waals surface area contributed by atoms with E-state index < -0.39 is 0 Å². The minimum absolute atomic E-state index is 0.226. The van der Waals surface area contributed by atoms with Crippen molar-refractivity contribution in [3.05, 3.63) is 51.8 Å². The smallest absolute Gasteiger partial charge is 0.254 e. The summed E-state index contributed by atoms with van der Waals surface area (Å²) in [6, 6.07) is 5.31. The number of anilines is 1. The fourth-order valence-corrected chi connectivity index (χ4v) is 2.59. The van der Waals surface area contributed by atoms with E-state index in [4.69, 9.17) is 27.9 Å². The van der Waals surface area contributed by atoms with Crippen molar-refractivity contribution in [1.82, 2.24) is 15.3 Å². The van der Waals surface area contributed by atoms with Crippen LogP contribution in [0, 0.1) is 0 Å². The van der Waals surface area contributed by atoms with Crippen LogP contribution in [0.1, 0.15) is 22.3 Å². The number of hydrogen-bond donors (Lipinski definition) is 2. The lowest BCUT2D eigenvalue weighted by molar-refractivity contribution is 0.0953. The van der Waals surface area contributed by atoms with Crippen molar-refractivity contribution in [1.29, 1.82) is 0 Å². The lowest BCUT2D eigenvalue weighted by Gasteiger charge is -2.08. The van der Waals surface area contributed by atoms with E-state index in [2.05, 4.69) is 20.6 Å². The number of nitrogens with zero attached hydrogens (tertiary/aromatic N) is 2. The number of rotatable bonds is 9. The molecule has 0 fully saturated rings. The summed E-state index contributed by atoms with van der Waals surface area (Å²) in [6.07, 6.45) is 4.46. The van der Waals surface area contributed by atoms with Crippen molar-refractivity contribution >= 4 is 35.1 Å². The summed E-state index contributed by atoms with van der Waals surface area (Å²) in [5.74, 6) is 0.261. The maximum atomic E-state index is 12.1. The second-order valence-corrected chi connectivity index (χ2v) is 6.15. The minimum atomic E-state index is -0.226. The maximum Gasteiger partial charge on any atom is 0.254 e. The molecule has 0 aliphatic rings. The van der Waals surface area contributed by atoms with Crippen LogP contribution in [0.4, 0.5) is 5.95 Å². The number of methoxy groups -OCH3 is 1. The van der Waals surface area contributed by atoms with Gasteiger partial charge in [0.15, 0.2) is 0 Å². The number of halogens is 2. The first-order valence-electron chi connectivity index (χ1n) is 7.87. The molecule has 0 saturated heterocycles. The fraction of sp³-hybridized carbons (Fsp3) is 0.353. The van der Waals surface area contributed by atoms with Crippen molar-refractivity contribution in [2.24, 2.45) is 0 Å². The van der Waals surface area contributed by atoms with Gasteiger partial charge in [0.25, 0.3) is 5.91 Å². The van der Waals surface area contributed by atoms with Crippen LogP contribution in [-0.2, 0) is 11.2 Å². The molecule has 0 saturated carbocycles. The van der Waals surface area contributed by atoms with Crippen LogP contribution in [0.25, 0.3) is 0 Å². The van der Waals surface area contributed by atoms with Gasteiger partial charge in [-0.05, 0) is 30.5 Å². The Morgan fingerprint density at radius 1 is 1.20 bits per heavy atom. The molecule has 2 aromatic rings. The molecule has 1 aromatic heterocycles. The predicted molar refractivity (Wildman–Crippen MR) is 99.5 cm³/mol. The summed E-state index contributed by atoms with van der Waals surface area (Å²) in [5, 5.41) is 7.06. The molecule has 0 aliphatic heterocycles. The average Bonchev–Trinajstić information content (AvgIpc) is 2.61. The fourth-order valence-electron chi connectivity index (χ4n) is 2.09. The van der Waals surface area contributed by atoms with Crippen LogP contribution in [-0.4, -0.2) is 42.7 Å². The minimum Gasteiger partial charge on any atom is -0.385 e. The van der Waals surface area contributed by atoms with Gasteiger partial charge in [0.2, 0.25) is 5.95 Å². The molecule has 0 spiro atoms. The van der Waals surface area contributed by atoms with Crippen LogP contribution in [0.2, 0.25) is 10.0 Å². The summed E-state index contributed by atoms with van der Waals surface area (Å²) in [4.78, 5) is 20.4. The summed E-state index contributed by atoms with van der Waals surface area (Å²) in [5.41, 5.74) is 1.34. The Bertz CT molecular complexity index is 696. The van der Waals surface area contributed by atoms with Crippen molar-refractivity contribution in [2.75, 3.05) is 32.1 Å². The highest BCUT2D eigenvalue weighted by molar-refractivity contribution is 6.35. The molecular weight excluding hydrogens is 363 g/mol. The van der Waals surface area contributed by atoms with E-state index >= 15 is 0 Å². The van der Waals surface area contributed by atoms with E-state index in [0.717, 1.165) is 12.0 Å². The first-order chi connectivity index (χ1) is 12.1. The highest BCUT2D eigenvalue weighted by atomic mass is 35.5. The maximum absolute atomic E-state index is 12.1. The third kappa shape index (κ3) is 6.49. The van der Waals surface area contributed by atoms with Gasteiger partial charge in [-0.15, -0.1) is 0 Å². The zero-order chi connectivity index (χ0) is 18.1. The second-order valence-electron chi connectivity index (χ2n) is 5.31. The van der Waals surface area contributed by atoms with Crippen LogP contribution in [0.15, 0.2) is 30.6 Å². The van der Waals surface area contributed by atoms with E-state index in [0.29, 0.717) is 47.7 Å². The van der Waals surface area contributed by atoms with Crippen LogP contribution in [0.3, 0.4) is 0 Å². The number of nitrogens with one attached hydrogen (secondary N) is 2. The van der Waals surface area contributed by atoms with Crippen molar-refractivity contribution in [2.45, 2.75) is 12.8 Å². The number of benzene rings is 1. The first-order valence-corrected chi connectivity index (χ1v) is 8.62. The normalized spacial score (nSPS) is 10.5. The molecule has 1 aromatic carbocycles. The largest absolute Gasteiger partial charge is 0.385 e. The molecule has 1 heterocycles.